The van der Waals surface area contributed by atoms with Crippen molar-refractivity contribution in [1.29, 1.82) is 0 Å². The first-order chi connectivity index (χ1) is 14.7. The molecule has 1 unspecified atom stereocenters. The summed E-state index contributed by atoms with van der Waals surface area (Å²) in [5, 5.41) is 5.04. The largest absolute Gasteiger partial charge is 0.188 e. The van der Waals surface area contributed by atoms with Gasteiger partial charge in [-0.2, -0.15) is 0 Å². The molecule has 1 aliphatic carbocycles. The first kappa shape index (κ1) is 20.8. The van der Waals surface area contributed by atoms with Gasteiger partial charge in [-0.1, -0.05) is 105 Å². The van der Waals surface area contributed by atoms with Crippen LogP contribution in [-0.4, -0.2) is 19.1 Å². The molecule has 1 atom stereocenters. The van der Waals surface area contributed by atoms with Crippen LogP contribution in [0.15, 0.2) is 115 Å². The molecule has 0 spiro atoms. The van der Waals surface area contributed by atoms with Crippen molar-refractivity contribution in [3.63, 3.8) is 0 Å². The lowest BCUT2D eigenvalue weighted by molar-refractivity contribution is 1.09. The van der Waals surface area contributed by atoms with E-state index in [2.05, 4.69) is 129 Å². The fourth-order valence-corrected chi connectivity index (χ4v) is 10.9. The SMILES string of the molecule is CC(C)SCC1=C[CH+]C=CC1[Si](c1ccccc1)(c1ccccc1)c1ccccc1. The van der Waals surface area contributed by atoms with Gasteiger partial charge in [0.1, 0.15) is 0 Å². The van der Waals surface area contributed by atoms with E-state index in [0.29, 0.717) is 10.8 Å². The van der Waals surface area contributed by atoms with Gasteiger partial charge in [0.15, 0.2) is 8.07 Å². The summed E-state index contributed by atoms with van der Waals surface area (Å²) in [6.45, 7) is 4.58. The molecule has 3 aromatic rings. The lowest BCUT2D eigenvalue weighted by Gasteiger charge is -2.38. The van der Waals surface area contributed by atoms with E-state index < -0.39 is 8.07 Å². The number of hydrogen-bond acceptors (Lipinski definition) is 1. The molecule has 0 aromatic heterocycles. The fraction of sp³-hybridized carbons (Fsp3) is 0.179. The highest BCUT2D eigenvalue weighted by Gasteiger charge is 2.50. The van der Waals surface area contributed by atoms with Gasteiger partial charge in [-0.05, 0) is 15.6 Å². The van der Waals surface area contributed by atoms with Crippen LogP contribution in [0.3, 0.4) is 0 Å². The first-order valence-electron chi connectivity index (χ1n) is 10.7. The van der Waals surface area contributed by atoms with Gasteiger partial charge < -0.3 is 0 Å². The molecular formula is C28H29SSi+. The molecule has 0 nitrogen and oxygen atoms in total. The van der Waals surface area contributed by atoms with E-state index in [1.54, 1.807) is 5.57 Å². The second-order valence-electron chi connectivity index (χ2n) is 8.06. The summed E-state index contributed by atoms with van der Waals surface area (Å²) in [7, 11) is -2.35. The van der Waals surface area contributed by atoms with Crippen molar-refractivity contribution in [2.45, 2.75) is 24.6 Å². The van der Waals surface area contributed by atoms with E-state index >= 15 is 0 Å². The summed E-state index contributed by atoms with van der Waals surface area (Å²) in [5.74, 6) is 1.07. The molecule has 0 heterocycles. The zero-order chi connectivity index (χ0) is 20.8. The second-order valence-corrected chi connectivity index (χ2v) is 13.6. The van der Waals surface area contributed by atoms with Crippen molar-refractivity contribution < 1.29 is 0 Å². The zero-order valence-electron chi connectivity index (χ0n) is 17.7. The topological polar surface area (TPSA) is 0 Å². The van der Waals surface area contributed by atoms with Crippen molar-refractivity contribution in [3.8, 4) is 0 Å². The molecule has 0 saturated heterocycles. The van der Waals surface area contributed by atoms with E-state index in [9.17, 15) is 0 Å². The third kappa shape index (κ3) is 4.07. The molecule has 0 fully saturated rings. The molecule has 0 saturated carbocycles. The maximum atomic E-state index is 2.47. The lowest BCUT2D eigenvalue weighted by atomic mass is 10.1. The molecule has 2 heteroatoms. The van der Waals surface area contributed by atoms with Crippen molar-refractivity contribution in [1.82, 2.24) is 0 Å². The van der Waals surface area contributed by atoms with Gasteiger partial charge in [-0.3, -0.25) is 0 Å². The van der Waals surface area contributed by atoms with Gasteiger partial charge in [-0.15, -0.1) is 11.8 Å². The van der Waals surface area contributed by atoms with Crippen molar-refractivity contribution in [2.75, 3.05) is 5.75 Å². The molecule has 4 rings (SSSR count). The average molecular weight is 426 g/mol. The van der Waals surface area contributed by atoms with Crippen LogP contribution in [0.4, 0.5) is 0 Å². The van der Waals surface area contributed by atoms with Crippen molar-refractivity contribution in [3.05, 3.63) is 121 Å². The Hall–Kier alpha value is -2.42. The zero-order valence-corrected chi connectivity index (χ0v) is 19.6. The summed E-state index contributed by atoms with van der Waals surface area (Å²) >= 11 is 2.04. The van der Waals surface area contributed by atoms with E-state index in [1.807, 2.05) is 11.8 Å². The second kappa shape index (κ2) is 9.59. The number of allylic oxidation sites excluding steroid dienone is 3. The van der Waals surface area contributed by atoms with Gasteiger partial charge in [0.05, 0.1) is 11.3 Å². The predicted molar refractivity (Wildman–Crippen MR) is 137 cm³/mol. The van der Waals surface area contributed by atoms with Crippen LogP contribution in [0.2, 0.25) is 5.54 Å². The third-order valence-electron chi connectivity index (χ3n) is 5.86. The van der Waals surface area contributed by atoms with Crippen molar-refractivity contribution in [2.24, 2.45) is 0 Å². The molecule has 150 valence electrons. The third-order valence-corrected chi connectivity index (χ3v) is 12.3. The standard InChI is InChI=1S/C28H29SSi/c1-23(2)29-22-24-14-12-13-21-28(24)30(25-15-6-3-7-16-25,26-17-8-4-9-18-26)27-19-10-5-11-20-27/h3-21,23,28H,22H2,1-2H3/q+1. The molecule has 0 aliphatic heterocycles. The van der Waals surface area contributed by atoms with Crippen LogP contribution < -0.4 is 15.6 Å². The van der Waals surface area contributed by atoms with Crippen LogP contribution >= 0.6 is 11.8 Å². The van der Waals surface area contributed by atoms with E-state index in [-0.39, 0.29) is 0 Å². The maximum absolute atomic E-state index is 2.47. The molecule has 3 aromatic carbocycles. The minimum Gasteiger partial charge on any atom is -0.141 e. The lowest BCUT2D eigenvalue weighted by Crippen LogP contribution is -2.70. The molecule has 0 amide bonds. The monoisotopic (exact) mass is 425 g/mol. The minimum absolute atomic E-state index is 0.390. The predicted octanol–water partition coefficient (Wildman–Crippen LogP) is 5.37. The molecule has 0 N–H and O–H groups in total. The Morgan fingerprint density at radius 3 is 1.67 bits per heavy atom. The summed E-state index contributed by atoms with van der Waals surface area (Å²) in [4.78, 5) is 0. The molecule has 30 heavy (non-hydrogen) atoms. The highest BCUT2D eigenvalue weighted by atomic mass is 32.2. The highest BCUT2D eigenvalue weighted by molar-refractivity contribution is 8.00. The molecule has 0 bridgehead atoms. The number of hydrogen-bond donors (Lipinski definition) is 0. The minimum atomic E-state index is -2.35. The maximum Gasteiger partial charge on any atom is 0.188 e. The van der Waals surface area contributed by atoms with Gasteiger partial charge >= 0.3 is 0 Å². The smallest absolute Gasteiger partial charge is 0.141 e. The van der Waals surface area contributed by atoms with Crippen LogP contribution in [0.25, 0.3) is 0 Å². The molecule has 1 aliphatic rings. The Morgan fingerprint density at radius 2 is 1.23 bits per heavy atom. The van der Waals surface area contributed by atoms with Gasteiger partial charge in [0.2, 0.25) is 0 Å². The average Bonchev–Trinajstić information content (AvgIpc) is 2.81. The summed E-state index contributed by atoms with van der Waals surface area (Å²) in [5.41, 5.74) is 1.93. The van der Waals surface area contributed by atoms with E-state index in [4.69, 9.17) is 0 Å². The Balaban J connectivity index is 1.99. The molecule has 0 radical (unpaired) electrons. The Bertz CT molecular complexity index is 894. The fourth-order valence-electron chi connectivity index (χ4n) is 4.55. The van der Waals surface area contributed by atoms with Gasteiger partial charge in [0, 0.05) is 35.5 Å². The van der Waals surface area contributed by atoms with Crippen LogP contribution in [0.5, 0.6) is 0 Å². The van der Waals surface area contributed by atoms with Gasteiger partial charge in [-0.25, -0.2) is 0 Å². The Labute approximate surface area is 186 Å². The van der Waals surface area contributed by atoms with Crippen molar-refractivity contribution >= 4 is 35.4 Å². The van der Waals surface area contributed by atoms with Gasteiger partial charge in [0.25, 0.3) is 0 Å². The Kier molecular flexibility index (Phi) is 6.66. The van der Waals surface area contributed by atoms with E-state index in [1.165, 1.54) is 15.6 Å². The number of thioether (sulfide) groups is 1. The van der Waals surface area contributed by atoms with Crippen LogP contribution in [0.1, 0.15) is 13.8 Å². The first-order valence-corrected chi connectivity index (χ1v) is 13.8. The quantitative estimate of drug-likeness (QED) is 0.279. The normalized spacial score (nSPS) is 16.2. The summed E-state index contributed by atoms with van der Waals surface area (Å²) < 4.78 is 0. The summed E-state index contributed by atoms with van der Waals surface area (Å²) in [6.07, 6.45) is 9.31. The molecular weight excluding hydrogens is 396 g/mol. The highest BCUT2D eigenvalue weighted by Crippen LogP contribution is 2.36. The van der Waals surface area contributed by atoms with E-state index in [0.717, 1.165) is 5.75 Å². The Morgan fingerprint density at radius 1 is 0.767 bits per heavy atom. The number of benzene rings is 3. The summed E-state index contributed by atoms with van der Waals surface area (Å²) in [6, 6.07) is 33.7. The van der Waals surface area contributed by atoms with Crippen LogP contribution in [-0.2, 0) is 0 Å². The van der Waals surface area contributed by atoms with Crippen LogP contribution in [0, 0.1) is 6.42 Å². The number of rotatable bonds is 7.